The molecular weight excluding hydrogens is 404 g/mol. The highest BCUT2D eigenvalue weighted by molar-refractivity contribution is 6.05. The summed E-state index contributed by atoms with van der Waals surface area (Å²) in [5.41, 5.74) is 2.77. The molecule has 3 N–H and O–H groups in total. The molecular formula is C24H34N6O2. The predicted molar refractivity (Wildman–Crippen MR) is 131 cm³/mol. The quantitative estimate of drug-likeness (QED) is 0.256. The number of allylic oxidation sites excluding steroid dienone is 4. The monoisotopic (exact) mass is 438 g/mol. The van der Waals surface area contributed by atoms with Gasteiger partial charge in [-0.3, -0.25) is 9.79 Å². The van der Waals surface area contributed by atoms with Crippen LogP contribution in [0.2, 0.25) is 0 Å². The molecule has 2 aromatic rings. The Labute approximate surface area is 189 Å². The Kier molecular flexibility index (Phi) is 9.66. The molecule has 0 aromatic carbocycles. The molecule has 8 heteroatoms. The van der Waals surface area contributed by atoms with Crippen LogP contribution in [0.15, 0.2) is 47.4 Å². The zero-order valence-corrected chi connectivity index (χ0v) is 19.5. The van der Waals surface area contributed by atoms with Crippen LogP contribution in [0.3, 0.4) is 0 Å². The summed E-state index contributed by atoms with van der Waals surface area (Å²) in [4.78, 5) is 29.8. The van der Waals surface area contributed by atoms with Crippen LogP contribution in [-0.2, 0) is 4.79 Å². The Bertz CT molecular complexity index is 1020. The van der Waals surface area contributed by atoms with E-state index in [1.807, 2.05) is 33.0 Å². The Balaban J connectivity index is 2.13. The lowest BCUT2D eigenvalue weighted by atomic mass is 10.2. The molecule has 0 bridgehead atoms. The third kappa shape index (κ3) is 6.80. The number of carbonyl (C=O) groups excluding carboxylic acids is 1. The number of carbonyl (C=O) groups is 1. The molecule has 2 aromatic heterocycles. The lowest BCUT2D eigenvalue weighted by Gasteiger charge is -2.17. The summed E-state index contributed by atoms with van der Waals surface area (Å²) in [7, 11) is 1.83. The summed E-state index contributed by atoms with van der Waals surface area (Å²) < 4.78 is 0. The molecule has 0 radical (unpaired) electrons. The SMILES string of the molecule is C=C/C(C)=C\C(=C/C)N=Cc1c(O)[nH]c2ncnc(NCCCN(C)C(=O)CCCC)c12. The number of unbranched alkanes of at least 4 members (excludes halogenated alkanes) is 1. The van der Waals surface area contributed by atoms with E-state index in [2.05, 4.69) is 38.8 Å². The van der Waals surface area contributed by atoms with Gasteiger partial charge in [-0.05, 0) is 38.3 Å². The molecule has 0 aliphatic carbocycles. The molecule has 32 heavy (non-hydrogen) atoms. The number of aliphatic imine (C=N–C) groups is 1. The fourth-order valence-corrected chi connectivity index (χ4v) is 3.09. The first-order valence-corrected chi connectivity index (χ1v) is 11.0. The van der Waals surface area contributed by atoms with E-state index >= 15 is 0 Å². The van der Waals surface area contributed by atoms with Crippen molar-refractivity contribution in [1.82, 2.24) is 19.9 Å². The van der Waals surface area contributed by atoms with E-state index in [0.29, 0.717) is 41.9 Å². The minimum Gasteiger partial charge on any atom is -0.494 e. The zero-order chi connectivity index (χ0) is 23.5. The number of amides is 1. The largest absolute Gasteiger partial charge is 0.494 e. The van der Waals surface area contributed by atoms with E-state index in [4.69, 9.17) is 0 Å². The minimum atomic E-state index is -0.0200. The van der Waals surface area contributed by atoms with Crippen LogP contribution in [0.25, 0.3) is 11.0 Å². The summed E-state index contributed by atoms with van der Waals surface area (Å²) in [6.07, 6.45) is 11.9. The first-order valence-electron chi connectivity index (χ1n) is 11.0. The summed E-state index contributed by atoms with van der Waals surface area (Å²) in [6, 6.07) is 0. The Morgan fingerprint density at radius 3 is 2.84 bits per heavy atom. The van der Waals surface area contributed by atoms with Gasteiger partial charge >= 0.3 is 0 Å². The molecule has 8 nitrogen and oxygen atoms in total. The third-order valence-corrected chi connectivity index (χ3v) is 5.08. The van der Waals surface area contributed by atoms with Crippen molar-refractivity contribution in [3.63, 3.8) is 0 Å². The van der Waals surface area contributed by atoms with Crippen molar-refractivity contribution in [2.24, 2.45) is 4.99 Å². The highest BCUT2D eigenvalue weighted by atomic mass is 16.3. The molecule has 0 fully saturated rings. The van der Waals surface area contributed by atoms with E-state index in [1.165, 1.54) is 6.33 Å². The van der Waals surface area contributed by atoms with Gasteiger partial charge in [-0.2, -0.15) is 0 Å². The second-order valence-corrected chi connectivity index (χ2v) is 7.60. The van der Waals surface area contributed by atoms with Gasteiger partial charge in [-0.15, -0.1) is 0 Å². The summed E-state index contributed by atoms with van der Waals surface area (Å²) >= 11 is 0. The molecule has 0 aliphatic heterocycles. The fourth-order valence-electron chi connectivity index (χ4n) is 3.09. The standard InChI is InChI=1S/C24H34N6O2/c1-6-9-11-20(31)30(5)13-10-12-25-22-21-19(24(32)29-23(21)28-16-27-22)15-26-18(8-3)14-17(4)7-2/h7-8,14-16,32H,2,6,9-13H2,1,3-5H3,(H2,25,27,28,29)/b17-14-,18-8+,26-15?. The number of anilines is 1. The average molecular weight is 439 g/mol. The Hall–Kier alpha value is -3.42. The second-order valence-electron chi connectivity index (χ2n) is 7.60. The van der Waals surface area contributed by atoms with Crippen molar-refractivity contribution in [2.45, 2.75) is 46.5 Å². The van der Waals surface area contributed by atoms with Crippen LogP contribution in [0, 0.1) is 0 Å². The number of aromatic hydroxyl groups is 1. The van der Waals surface area contributed by atoms with Gasteiger partial charge in [-0.1, -0.05) is 32.1 Å². The van der Waals surface area contributed by atoms with Crippen molar-refractivity contribution >= 4 is 29.0 Å². The van der Waals surface area contributed by atoms with Crippen molar-refractivity contribution in [3.8, 4) is 5.88 Å². The van der Waals surface area contributed by atoms with Gasteiger partial charge in [0, 0.05) is 32.8 Å². The summed E-state index contributed by atoms with van der Waals surface area (Å²) in [6.45, 7) is 11.0. The van der Waals surface area contributed by atoms with E-state index in [9.17, 15) is 9.90 Å². The van der Waals surface area contributed by atoms with Gasteiger partial charge in [0.05, 0.1) is 16.6 Å². The Morgan fingerprint density at radius 1 is 1.38 bits per heavy atom. The van der Waals surface area contributed by atoms with Gasteiger partial charge in [-0.25, -0.2) is 9.97 Å². The van der Waals surface area contributed by atoms with Crippen molar-refractivity contribution in [2.75, 3.05) is 25.5 Å². The molecule has 2 rings (SSSR count). The van der Waals surface area contributed by atoms with Gasteiger partial charge in [0.1, 0.15) is 17.8 Å². The molecule has 0 saturated heterocycles. The van der Waals surface area contributed by atoms with Crippen LogP contribution >= 0.6 is 0 Å². The number of rotatable bonds is 12. The van der Waals surface area contributed by atoms with Gasteiger partial charge < -0.3 is 20.3 Å². The van der Waals surface area contributed by atoms with Crippen molar-refractivity contribution in [1.29, 1.82) is 0 Å². The minimum absolute atomic E-state index is 0.0200. The number of hydrogen-bond acceptors (Lipinski definition) is 6. The highest BCUT2D eigenvalue weighted by Crippen LogP contribution is 2.29. The molecule has 0 aliphatic rings. The number of nitrogens with zero attached hydrogens (tertiary/aromatic N) is 4. The van der Waals surface area contributed by atoms with E-state index in [0.717, 1.165) is 30.5 Å². The highest BCUT2D eigenvalue weighted by Gasteiger charge is 2.15. The average Bonchev–Trinajstić information content (AvgIpc) is 3.12. The molecule has 172 valence electrons. The molecule has 0 atom stereocenters. The van der Waals surface area contributed by atoms with Gasteiger partial charge in [0.15, 0.2) is 5.88 Å². The van der Waals surface area contributed by atoms with Crippen LogP contribution in [0.1, 0.15) is 52.0 Å². The number of aromatic amines is 1. The molecule has 2 heterocycles. The van der Waals surface area contributed by atoms with E-state index < -0.39 is 0 Å². The topological polar surface area (TPSA) is 106 Å². The number of H-pyrrole nitrogens is 1. The third-order valence-electron chi connectivity index (χ3n) is 5.08. The van der Waals surface area contributed by atoms with Gasteiger partial charge in [0.25, 0.3) is 0 Å². The van der Waals surface area contributed by atoms with Crippen LogP contribution in [-0.4, -0.2) is 57.2 Å². The van der Waals surface area contributed by atoms with Crippen LogP contribution in [0.5, 0.6) is 5.88 Å². The summed E-state index contributed by atoms with van der Waals surface area (Å²) in [5, 5.41) is 14.4. The maximum atomic E-state index is 12.1. The molecule has 0 unspecified atom stereocenters. The number of aromatic nitrogens is 3. The maximum Gasteiger partial charge on any atom is 0.222 e. The number of nitrogens with one attached hydrogen (secondary N) is 2. The van der Waals surface area contributed by atoms with Crippen molar-refractivity contribution in [3.05, 3.63) is 48.0 Å². The first kappa shape index (κ1) is 24.8. The summed E-state index contributed by atoms with van der Waals surface area (Å²) in [5.74, 6) is 0.757. The predicted octanol–water partition coefficient (Wildman–Crippen LogP) is 4.57. The molecule has 0 saturated carbocycles. The van der Waals surface area contributed by atoms with E-state index in [-0.39, 0.29) is 11.8 Å². The molecule has 0 spiro atoms. The molecule has 1 amide bonds. The fraction of sp³-hybridized carbons (Fsp3) is 0.417. The van der Waals surface area contributed by atoms with Gasteiger partial charge in [0.2, 0.25) is 5.91 Å². The smallest absolute Gasteiger partial charge is 0.222 e. The van der Waals surface area contributed by atoms with E-state index in [1.54, 1.807) is 17.2 Å². The zero-order valence-electron chi connectivity index (χ0n) is 19.5. The normalized spacial score (nSPS) is 12.5. The Morgan fingerprint density at radius 2 is 2.16 bits per heavy atom. The van der Waals surface area contributed by atoms with Crippen molar-refractivity contribution < 1.29 is 9.90 Å². The number of hydrogen-bond donors (Lipinski definition) is 3. The number of fused-ring (bicyclic) bond motifs is 1. The maximum absolute atomic E-state index is 12.1. The second kappa shape index (κ2) is 12.4. The lowest BCUT2D eigenvalue weighted by Crippen LogP contribution is -2.28. The lowest BCUT2D eigenvalue weighted by molar-refractivity contribution is -0.130. The first-order chi connectivity index (χ1) is 15.4. The van der Waals surface area contributed by atoms with Crippen LogP contribution in [0.4, 0.5) is 5.82 Å². The van der Waals surface area contributed by atoms with Crippen LogP contribution < -0.4 is 5.32 Å².